The van der Waals surface area contributed by atoms with Crippen molar-refractivity contribution >= 4 is 17.7 Å². The molecule has 1 amide bonds. The minimum atomic E-state index is -0.568. The summed E-state index contributed by atoms with van der Waals surface area (Å²) in [5.74, 6) is 1.65. The summed E-state index contributed by atoms with van der Waals surface area (Å²) in [6.45, 7) is 8.73. The second kappa shape index (κ2) is 9.79. The van der Waals surface area contributed by atoms with Crippen molar-refractivity contribution in [3.63, 3.8) is 0 Å². The molecule has 1 atom stereocenters. The third-order valence-corrected chi connectivity index (χ3v) is 5.17. The lowest BCUT2D eigenvalue weighted by Gasteiger charge is -2.20. The minimum absolute atomic E-state index is 0.0852. The number of ether oxygens (including phenoxy) is 1. The van der Waals surface area contributed by atoms with Gasteiger partial charge >= 0.3 is 0 Å². The Kier molecular flexibility index (Phi) is 7.72. The van der Waals surface area contributed by atoms with Crippen LogP contribution >= 0.6 is 11.8 Å². The van der Waals surface area contributed by atoms with E-state index in [1.165, 1.54) is 11.6 Å². The summed E-state index contributed by atoms with van der Waals surface area (Å²) in [7, 11) is 0. The second-order valence-electron chi connectivity index (χ2n) is 7.47. The van der Waals surface area contributed by atoms with Gasteiger partial charge in [0.15, 0.2) is 6.10 Å². The van der Waals surface area contributed by atoms with Crippen molar-refractivity contribution in [3.8, 4) is 5.75 Å². The number of rotatable bonds is 8. The van der Waals surface area contributed by atoms with Crippen LogP contribution in [0.3, 0.4) is 0 Å². The molecule has 146 valence electrons. The summed E-state index contributed by atoms with van der Waals surface area (Å²) >= 11 is 1.59. The van der Waals surface area contributed by atoms with Crippen LogP contribution in [0.2, 0.25) is 0 Å². The van der Waals surface area contributed by atoms with Crippen molar-refractivity contribution in [2.45, 2.75) is 45.0 Å². The van der Waals surface area contributed by atoms with Gasteiger partial charge in [-0.25, -0.2) is 4.39 Å². The van der Waals surface area contributed by atoms with E-state index in [0.717, 1.165) is 0 Å². The minimum Gasteiger partial charge on any atom is -0.481 e. The van der Waals surface area contributed by atoms with Crippen LogP contribution in [-0.4, -0.2) is 24.3 Å². The smallest absolute Gasteiger partial charge is 0.260 e. The highest BCUT2D eigenvalue weighted by Gasteiger charge is 2.16. The van der Waals surface area contributed by atoms with E-state index in [-0.39, 0.29) is 17.1 Å². The monoisotopic (exact) mass is 389 g/mol. The van der Waals surface area contributed by atoms with Crippen LogP contribution in [0.25, 0.3) is 0 Å². The Morgan fingerprint density at radius 2 is 1.81 bits per heavy atom. The SMILES string of the molecule is C[C@H](Oc1ccc(C(C)(C)C)cc1)C(=O)NCCSCc1ccccc1F. The van der Waals surface area contributed by atoms with E-state index < -0.39 is 6.10 Å². The molecule has 0 bridgehead atoms. The van der Waals surface area contributed by atoms with Gasteiger partial charge in [0.2, 0.25) is 0 Å². The molecule has 0 fully saturated rings. The predicted molar refractivity (Wildman–Crippen MR) is 111 cm³/mol. The average molecular weight is 390 g/mol. The molecule has 0 aliphatic carbocycles. The summed E-state index contributed by atoms with van der Waals surface area (Å²) in [5.41, 5.74) is 1.99. The molecule has 0 aliphatic heterocycles. The number of carbonyl (C=O) groups is 1. The maximum Gasteiger partial charge on any atom is 0.260 e. The van der Waals surface area contributed by atoms with E-state index in [4.69, 9.17) is 4.74 Å². The molecule has 0 saturated carbocycles. The molecule has 0 unspecified atom stereocenters. The molecule has 0 radical (unpaired) electrons. The number of nitrogens with one attached hydrogen (secondary N) is 1. The van der Waals surface area contributed by atoms with Crippen LogP contribution in [-0.2, 0) is 16.0 Å². The van der Waals surface area contributed by atoms with Crippen LogP contribution < -0.4 is 10.1 Å². The van der Waals surface area contributed by atoms with Crippen molar-refractivity contribution in [1.82, 2.24) is 5.32 Å². The van der Waals surface area contributed by atoms with Gasteiger partial charge in [-0.3, -0.25) is 4.79 Å². The predicted octanol–water partition coefficient (Wildman–Crippen LogP) is 4.94. The van der Waals surface area contributed by atoms with Crippen molar-refractivity contribution in [2.75, 3.05) is 12.3 Å². The second-order valence-corrected chi connectivity index (χ2v) is 8.57. The summed E-state index contributed by atoms with van der Waals surface area (Å²) in [5, 5.41) is 2.86. The summed E-state index contributed by atoms with van der Waals surface area (Å²) in [4.78, 5) is 12.2. The van der Waals surface area contributed by atoms with E-state index in [2.05, 4.69) is 26.1 Å². The largest absolute Gasteiger partial charge is 0.481 e. The van der Waals surface area contributed by atoms with Crippen LogP contribution in [0.1, 0.15) is 38.8 Å². The van der Waals surface area contributed by atoms with Crippen LogP contribution in [0.15, 0.2) is 48.5 Å². The lowest BCUT2D eigenvalue weighted by Crippen LogP contribution is -2.37. The molecule has 2 aromatic rings. The topological polar surface area (TPSA) is 38.3 Å². The molecule has 0 heterocycles. The maximum atomic E-state index is 13.5. The van der Waals surface area contributed by atoms with E-state index in [1.54, 1.807) is 30.8 Å². The molecule has 2 aromatic carbocycles. The first-order valence-corrected chi connectivity index (χ1v) is 10.3. The Morgan fingerprint density at radius 3 is 2.44 bits per heavy atom. The summed E-state index contributed by atoms with van der Waals surface area (Å²) in [6.07, 6.45) is -0.568. The van der Waals surface area contributed by atoms with Gasteiger partial charge in [-0.2, -0.15) is 11.8 Å². The number of hydrogen-bond acceptors (Lipinski definition) is 3. The molecular formula is C22H28FNO2S. The summed E-state index contributed by atoms with van der Waals surface area (Å²) in [6, 6.07) is 14.6. The molecule has 1 N–H and O–H groups in total. The first-order valence-electron chi connectivity index (χ1n) is 9.13. The number of halogens is 1. The Morgan fingerprint density at radius 1 is 1.15 bits per heavy atom. The lowest BCUT2D eigenvalue weighted by atomic mass is 9.87. The van der Waals surface area contributed by atoms with Crippen LogP contribution in [0, 0.1) is 5.82 Å². The number of benzene rings is 2. The van der Waals surface area contributed by atoms with Crippen molar-refractivity contribution in [1.29, 1.82) is 0 Å². The fourth-order valence-electron chi connectivity index (χ4n) is 2.48. The molecule has 27 heavy (non-hydrogen) atoms. The number of thioether (sulfide) groups is 1. The van der Waals surface area contributed by atoms with Gasteiger partial charge in [0.25, 0.3) is 5.91 Å². The third-order valence-electron chi connectivity index (χ3n) is 4.16. The number of carbonyl (C=O) groups excluding carboxylic acids is 1. The van der Waals surface area contributed by atoms with E-state index in [1.807, 2.05) is 30.3 Å². The number of amides is 1. The average Bonchev–Trinajstić information content (AvgIpc) is 2.62. The molecule has 5 heteroatoms. The van der Waals surface area contributed by atoms with Gasteiger partial charge in [-0.05, 0) is 41.7 Å². The standard InChI is InChI=1S/C22H28FNO2S/c1-16(26-19-11-9-18(10-12-19)22(2,3)4)21(25)24-13-14-27-15-17-7-5-6-8-20(17)23/h5-12,16H,13-15H2,1-4H3,(H,24,25)/t16-/m0/s1. The van der Waals surface area contributed by atoms with Gasteiger partial charge in [0, 0.05) is 18.1 Å². The first kappa shape index (κ1) is 21.3. The third kappa shape index (κ3) is 6.90. The van der Waals surface area contributed by atoms with Crippen molar-refractivity contribution in [2.24, 2.45) is 0 Å². The molecule has 0 aliphatic rings. The fraction of sp³-hybridized carbons (Fsp3) is 0.409. The Labute approximate surface area is 165 Å². The zero-order valence-corrected chi connectivity index (χ0v) is 17.2. The highest BCUT2D eigenvalue weighted by molar-refractivity contribution is 7.98. The van der Waals surface area contributed by atoms with Crippen molar-refractivity contribution in [3.05, 3.63) is 65.5 Å². The molecular weight excluding hydrogens is 361 g/mol. The Hall–Kier alpha value is -2.01. The molecule has 3 nitrogen and oxygen atoms in total. The van der Waals surface area contributed by atoms with E-state index >= 15 is 0 Å². The highest BCUT2D eigenvalue weighted by Crippen LogP contribution is 2.24. The highest BCUT2D eigenvalue weighted by atomic mass is 32.2. The molecule has 2 rings (SSSR count). The van der Waals surface area contributed by atoms with Gasteiger partial charge in [0.1, 0.15) is 11.6 Å². The fourth-order valence-corrected chi connectivity index (χ4v) is 3.32. The van der Waals surface area contributed by atoms with Gasteiger partial charge in [-0.15, -0.1) is 0 Å². The van der Waals surface area contributed by atoms with Crippen LogP contribution in [0.5, 0.6) is 5.75 Å². The zero-order chi connectivity index (χ0) is 19.9. The molecule has 0 saturated heterocycles. The maximum absolute atomic E-state index is 13.5. The number of hydrogen-bond donors (Lipinski definition) is 1. The normalized spacial score (nSPS) is 12.5. The van der Waals surface area contributed by atoms with Crippen LogP contribution in [0.4, 0.5) is 4.39 Å². The lowest BCUT2D eigenvalue weighted by molar-refractivity contribution is -0.127. The molecule has 0 spiro atoms. The van der Waals surface area contributed by atoms with E-state index in [0.29, 0.717) is 29.4 Å². The zero-order valence-electron chi connectivity index (χ0n) is 16.4. The molecule has 0 aromatic heterocycles. The Bertz CT molecular complexity index is 741. The van der Waals surface area contributed by atoms with Gasteiger partial charge in [-0.1, -0.05) is 51.1 Å². The first-order chi connectivity index (χ1) is 12.8. The van der Waals surface area contributed by atoms with E-state index in [9.17, 15) is 9.18 Å². The quantitative estimate of drug-likeness (QED) is 0.650. The summed E-state index contributed by atoms with van der Waals surface area (Å²) < 4.78 is 19.2. The Balaban J connectivity index is 1.70. The van der Waals surface area contributed by atoms with Crippen molar-refractivity contribution < 1.29 is 13.9 Å². The van der Waals surface area contributed by atoms with Gasteiger partial charge in [0.05, 0.1) is 0 Å². The van der Waals surface area contributed by atoms with Gasteiger partial charge < -0.3 is 10.1 Å².